The molecule has 1 aliphatic heterocycles. The van der Waals surface area contributed by atoms with Gasteiger partial charge in [0.25, 0.3) is 0 Å². The predicted molar refractivity (Wildman–Crippen MR) is 72.8 cm³/mol. The molecule has 1 saturated heterocycles. The van der Waals surface area contributed by atoms with Gasteiger partial charge >= 0.3 is 0 Å². The van der Waals surface area contributed by atoms with Crippen LogP contribution < -0.4 is 5.32 Å². The van der Waals surface area contributed by atoms with Gasteiger partial charge in [-0.1, -0.05) is 23.7 Å². The van der Waals surface area contributed by atoms with Gasteiger partial charge in [-0.25, -0.2) is 0 Å². The van der Waals surface area contributed by atoms with E-state index < -0.39 is 0 Å². The third-order valence-electron chi connectivity index (χ3n) is 3.33. The highest BCUT2D eigenvalue weighted by Crippen LogP contribution is 2.31. The van der Waals surface area contributed by atoms with Crippen molar-refractivity contribution >= 4 is 11.6 Å². The molecule has 1 fully saturated rings. The Morgan fingerprint density at radius 1 is 1.50 bits per heavy atom. The van der Waals surface area contributed by atoms with E-state index in [9.17, 15) is 0 Å². The molecule has 1 aromatic rings. The van der Waals surface area contributed by atoms with Gasteiger partial charge in [-0.15, -0.1) is 0 Å². The number of halogens is 1. The second kappa shape index (κ2) is 7.10. The fourth-order valence-electron chi connectivity index (χ4n) is 2.50. The van der Waals surface area contributed by atoms with Crippen LogP contribution >= 0.6 is 11.6 Å². The molecule has 1 heterocycles. The van der Waals surface area contributed by atoms with Gasteiger partial charge in [0.1, 0.15) is 0 Å². The minimum Gasteiger partial charge on any atom is -0.394 e. The number of aliphatic hydroxyl groups is 1. The topological polar surface area (TPSA) is 41.5 Å². The average molecular weight is 270 g/mol. The Morgan fingerprint density at radius 3 is 3.06 bits per heavy atom. The van der Waals surface area contributed by atoms with Crippen molar-refractivity contribution in [1.82, 2.24) is 5.32 Å². The molecular weight excluding hydrogens is 250 g/mol. The van der Waals surface area contributed by atoms with Gasteiger partial charge in [0.05, 0.1) is 19.3 Å². The first-order valence-corrected chi connectivity index (χ1v) is 6.87. The number of aliphatic hydroxyl groups excluding tert-OH is 1. The van der Waals surface area contributed by atoms with Crippen LogP contribution in [-0.4, -0.2) is 31.4 Å². The Labute approximate surface area is 113 Å². The molecule has 0 aromatic heterocycles. The van der Waals surface area contributed by atoms with Crippen molar-refractivity contribution in [2.45, 2.75) is 18.9 Å². The first-order valence-electron chi connectivity index (χ1n) is 6.50. The fourth-order valence-corrected chi connectivity index (χ4v) is 2.70. The molecule has 1 aliphatic rings. The van der Waals surface area contributed by atoms with Gasteiger partial charge in [-0.3, -0.25) is 0 Å². The van der Waals surface area contributed by atoms with E-state index in [4.69, 9.17) is 21.4 Å². The van der Waals surface area contributed by atoms with Gasteiger partial charge in [0.15, 0.2) is 0 Å². The maximum Gasteiger partial charge on any atom is 0.0866 e. The lowest BCUT2D eigenvalue weighted by atomic mass is 9.89. The smallest absolute Gasteiger partial charge is 0.0866 e. The molecule has 3 nitrogen and oxygen atoms in total. The van der Waals surface area contributed by atoms with Crippen LogP contribution in [0.1, 0.15) is 24.5 Å². The molecule has 0 amide bonds. The third-order valence-corrected chi connectivity index (χ3v) is 3.56. The highest BCUT2D eigenvalue weighted by atomic mass is 35.5. The van der Waals surface area contributed by atoms with E-state index >= 15 is 0 Å². The van der Waals surface area contributed by atoms with Gasteiger partial charge in [-0.05, 0) is 37.1 Å². The molecule has 2 atom stereocenters. The zero-order valence-corrected chi connectivity index (χ0v) is 11.2. The van der Waals surface area contributed by atoms with Crippen molar-refractivity contribution in [3.8, 4) is 0 Å². The van der Waals surface area contributed by atoms with E-state index in [0.29, 0.717) is 12.5 Å². The summed E-state index contributed by atoms with van der Waals surface area (Å²) < 4.78 is 5.82. The van der Waals surface area contributed by atoms with Crippen LogP contribution in [0.5, 0.6) is 0 Å². The van der Waals surface area contributed by atoms with Crippen LogP contribution in [0.2, 0.25) is 5.02 Å². The van der Waals surface area contributed by atoms with Crippen LogP contribution in [0.25, 0.3) is 0 Å². The summed E-state index contributed by atoms with van der Waals surface area (Å²) in [6.45, 7) is 2.46. The number of nitrogens with one attached hydrogen (secondary N) is 1. The van der Waals surface area contributed by atoms with E-state index in [2.05, 4.69) is 5.32 Å². The summed E-state index contributed by atoms with van der Waals surface area (Å²) in [4.78, 5) is 0. The number of hydrogen-bond acceptors (Lipinski definition) is 3. The summed E-state index contributed by atoms with van der Waals surface area (Å²) in [6, 6.07) is 7.82. The zero-order chi connectivity index (χ0) is 12.8. The van der Waals surface area contributed by atoms with Crippen LogP contribution in [0.15, 0.2) is 24.3 Å². The van der Waals surface area contributed by atoms with Gasteiger partial charge in [0.2, 0.25) is 0 Å². The highest BCUT2D eigenvalue weighted by Gasteiger charge is 2.25. The summed E-state index contributed by atoms with van der Waals surface area (Å²) in [5.74, 6) is 0.448. The van der Waals surface area contributed by atoms with E-state index in [0.717, 1.165) is 30.1 Å². The molecule has 0 saturated carbocycles. The van der Waals surface area contributed by atoms with Crippen molar-refractivity contribution < 1.29 is 9.84 Å². The van der Waals surface area contributed by atoms with Crippen LogP contribution in [0, 0.1) is 5.92 Å². The summed E-state index contributed by atoms with van der Waals surface area (Å²) >= 11 is 6.04. The molecule has 1 aromatic carbocycles. The summed E-state index contributed by atoms with van der Waals surface area (Å²) in [6.07, 6.45) is 2.34. The van der Waals surface area contributed by atoms with E-state index in [1.54, 1.807) is 0 Å². The molecular formula is C14H20ClNO2. The minimum atomic E-state index is 0.0173. The van der Waals surface area contributed by atoms with E-state index in [1.807, 2.05) is 24.3 Å². The second-order valence-corrected chi connectivity index (χ2v) is 5.11. The van der Waals surface area contributed by atoms with Gasteiger partial charge in [0, 0.05) is 17.5 Å². The summed E-state index contributed by atoms with van der Waals surface area (Å²) in [5, 5.41) is 13.1. The Hall–Kier alpha value is -0.610. The Kier molecular flexibility index (Phi) is 5.45. The number of hydrogen-bond donors (Lipinski definition) is 2. The standard InChI is InChI=1S/C14H20ClNO2/c15-13-5-1-3-11(9-13)14(18-8-7-17)12-4-2-6-16-10-12/h1,3,5,9,12,14,16-17H,2,4,6-8,10H2/t12-,14?/m1/s1. The third kappa shape index (κ3) is 3.69. The minimum absolute atomic E-state index is 0.0173. The largest absolute Gasteiger partial charge is 0.394 e. The highest BCUT2D eigenvalue weighted by molar-refractivity contribution is 6.30. The van der Waals surface area contributed by atoms with Crippen molar-refractivity contribution in [3.05, 3.63) is 34.9 Å². The van der Waals surface area contributed by atoms with Gasteiger partial charge < -0.3 is 15.2 Å². The zero-order valence-electron chi connectivity index (χ0n) is 10.4. The average Bonchev–Trinajstić information content (AvgIpc) is 2.40. The van der Waals surface area contributed by atoms with Crippen molar-refractivity contribution in [1.29, 1.82) is 0 Å². The molecule has 0 spiro atoms. The summed E-state index contributed by atoms with van der Waals surface area (Å²) in [7, 11) is 0. The maximum atomic E-state index is 8.95. The summed E-state index contributed by atoms with van der Waals surface area (Å²) in [5.41, 5.74) is 1.10. The Morgan fingerprint density at radius 2 is 2.39 bits per heavy atom. The molecule has 100 valence electrons. The molecule has 4 heteroatoms. The monoisotopic (exact) mass is 269 g/mol. The molecule has 1 unspecified atom stereocenters. The van der Waals surface area contributed by atoms with Crippen molar-refractivity contribution in [3.63, 3.8) is 0 Å². The Bertz CT molecular complexity index is 367. The predicted octanol–water partition coefficient (Wildman–Crippen LogP) is 2.39. The van der Waals surface area contributed by atoms with Crippen molar-refractivity contribution in [2.75, 3.05) is 26.3 Å². The van der Waals surface area contributed by atoms with Crippen LogP contribution in [0.3, 0.4) is 0 Å². The quantitative estimate of drug-likeness (QED) is 0.862. The first kappa shape index (κ1) is 13.8. The lowest BCUT2D eigenvalue weighted by Crippen LogP contribution is -2.34. The molecule has 18 heavy (non-hydrogen) atoms. The van der Waals surface area contributed by atoms with E-state index in [-0.39, 0.29) is 12.7 Å². The maximum absolute atomic E-state index is 8.95. The number of piperidine rings is 1. The number of ether oxygens (including phenoxy) is 1. The second-order valence-electron chi connectivity index (χ2n) is 4.68. The lowest BCUT2D eigenvalue weighted by molar-refractivity contribution is -0.0133. The Balaban J connectivity index is 2.12. The lowest BCUT2D eigenvalue weighted by Gasteiger charge is -2.31. The van der Waals surface area contributed by atoms with Gasteiger partial charge in [-0.2, -0.15) is 0 Å². The molecule has 0 aliphatic carbocycles. The van der Waals surface area contributed by atoms with Crippen LogP contribution in [-0.2, 0) is 4.74 Å². The fraction of sp³-hybridized carbons (Fsp3) is 0.571. The molecule has 0 radical (unpaired) electrons. The molecule has 2 N–H and O–H groups in total. The van der Waals surface area contributed by atoms with E-state index in [1.165, 1.54) is 6.42 Å². The first-order chi connectivity index (χ1) is 8.81. The normalized spacial score (nSPS) is 21.8. The SMILES string of the molecule is OCCOC(c1cccc(Cl)c1)[C@@H]1CCCNC1. The molecule has 2 rings (SSSR count). The van der Waals surface area contributed by atoms with Crippen molar-refractivity contribution in [2.24, 2.45) is 5.92 Å². The number of rotatable bonds is 5. The molecule has 0 bridgehead atoms. The number of benzene rings is 1. The van der Waals surface area contributed by atoms with Crippen LogP contribution in [0.4, 0.5) is 0 Å².